The van der Waals surface area contributed by atoms with Gasteiger partial charge in [-0.3, -0.25) is 24.0 Å². The summed E-state index contributed by atoms with van der Waals surface area (Å²) >= 11 is 0. The Hall–Kier alpha value is -3.51. The van der Waals surface area contributed by atoms with Crippen molar-refractivity contribution in [3.05, 3.63) is 0 Å². The molecule has 1 aliphatic heterocycles. The summed E-state index contributed by atoms with van der Waals surface area (Å²) in [6.45, 7) is 23.0. The second-order valence-electron chi connectivity index (χ2n) is 21.8. The normalized spacial score (nSPS) is 13.9. The van der Waals surface area contributed by atoms with Crippen molar-refractivity contribution >= 4 is 42.0 Å². The number of esters is 4. The van der Waals surface area contributed by atoms with E-state index in [2.05, 4.69) is 41.5 Å². The number of likely N-dealkylation sites (tertiary alicyclic amines) is 1. The van der Waals surface area contributed by atoms with Crippen molar-refractivity contribution in [1.29, 1.82) is 0 Å². The predicted molar refractivity (Wildman–Crippen MR) is 324 cm³/mol. The van der Waals surface area contributed by atoms with Crippen LogP contribution in [0.2, 0.25) is 0 Å². The number of unbranched alkanes of at least 4 members (excludes halogenated alkanes) is 24. The zero-order valence-electron chi connectivity index (χ0n) is 53.1. The van der Waals surface area contributed by atoms with Gasteiger partial charge in [0.05, 0.1) is 33.0 Å². The maximum atomic E-state index is 13.0. The summed E-state index contributed by atoms with van der Waals surface area (Å²) in [5.41, 5.74) is 0. The first-order chi connectivity index (χ1) is 38.4. The van der Waals surface area contributed by atoms with E-state index in [-0.39, 0.29) is 73.8 Å². The van der Waals surface area contributed by atoms with Crippen molar-refractivity contribution in [2.24, 2.45) is 11.8 Å². The zero-order valence-corrected chi connectivity index (χ0v) is 53.1. The molecule has 3 unspecified atom stereocenters. The third-order valence-electron chi connectivity index (χ3n) is 14.2. The maximum absolute atomic E-state index is 13.0. The molecule has 13 nitrogen and oxygen atoms in total. The Balaban J connectivity index is -0.00000138. The molecule has 0 aliphatic carbocycles. The van der Waals surface area contributed by atoms with Crippen LogP contribution in [0.25, 0.3) is 0 Å². The van der Waals surface area contributed by atoms with Gasteiger partial charge in [0.25, 0.3) is 0 Å². The molecule has 0 radical (unpaired) electrons. The second kappa shape index (κ2) is 62.1. The van der Waals surface area contributed by atoms with Crippen LogP contribution in [0.5, 0.6) is 0 Å². The van der Waals surface area contributed by atoms with Gasteiger partial charge in [-0.25, -0.2) is 4.79 Å². The number of ketones is 1. The van der Waals surface area contributed by atoms with Crippen molar-refractivity contribution < 1.29 is 57.2 Å². The molecule has 79 heavy (non-hydrogen) atoms. The molecule has 0 spiro atoms. The van der Waals surface area contributed by atoms with E-state index in [4.69, 9.17) is 23.7 Å². The first-order valence-corrected chi connectivity index (χ1v) is 32.9. The number of amides is 1. The van der Waals surface area contributed by atoms with Crippen LogP contribution in [0.15, 0.2) is 0 Å². The molecular weight excluding hydrogens is 999 g/mol. The number of ether oxygens (including phenoxy) is 5. The molecule has 0 aromatic carbocycles. The van der Waals surface area contributed by atoms with Gasteiger partial charge in [-0.15, -0.1) is 0 Å². The van der Waals surface area contributed by atoms with Crippen LogP contribution in [-0.4, -0.2) is 92.1 Å². The standard InChI is InChI=1S/C34H61NO7.C26H48O5.C4H10.C2H6/c1-5-9-11-13-15-16-18-20-30(36)23-28(24-32(37)40-22-19-17-14-12-10-6-2)25-33(38)42-31-26-29(8-4)35(27-31)34(39)41-21-7-3;1-3-5-7-9-11-16-20-30-25(28)22-24(18-14-13-15-19-27)23-26(29)31-21-17-12-10-8-6-4-2;1-3-4-2;1-2/h28-29,31H,5-27H2,1-4H3;19,24H,3-18,20-23H2,1-2H3;3-4H2,1-2H3;1-2H3. The number of aldehydes is 1. The SMILES string of the molecule is CC.CCCC.CCCCCCCCCC(=O)CC(CC(=O)OCCCCCCCC)CC(=O)OC1CC(CC)N(C(=O)OCCC)C1.CCCCCCCCOC(=O)CC(CCCCC=O)CC(=O)OCCCCCCCC. The third kappa shape index (κ3) is 53.6. The summed E-state index contributed by atoms with van der Waals surface area (Å²) in [5.74, 6) is -1.67. The number of Topliss-reactive ketones (excluding diaryl/α,β-unsaturated/α-hetero) is 1. The van der Waals surface area contributed by atoms with E-state index in [1.807, 2.05) is 27.7 Å². The van der Waals surface area contributed by atoms with E-state index in [0.29, 0.717) is 52.2 Å². The summed E-state index contributed by atoms with van der Waals surface area (Å²) in [4.78, 5) is 87.4. The van der Waals surface area contributed by atoms with E-state index >= 15 is 0 Å². The lowest BCUT2D eigenvalue weighted by Gasteiger charge is -2.22. The zero-order chi connectivity index (χ0) is 59.4. The Morgan fingerprint density at radius 1 is 0.430 bits per heavy atom. The number of rotatable bonds is 49. The Morgan fingerprint density at radius 3 is 1.24 bits per heavy atom. The van der Waals surface area contributed by atoms with Crippen molar-refractivity contribution in [3.8, 4) is 0 Å². The lowest BCUT2D eigenvalue weighted by atomic mass is 9.93. The molecule has 1 fully saturated rings. The molecule has 13 heteroatoms. The predicted octanol–water partition coefficient (Wildman–Crippen LogP) is 18.1. The van der Waals surface area contributed by atoms with Crippen molar-refractivity contribution in [3.63, 3.8) is 0 Å². The van der Waals surface area contributed by atoms with Gasteiger partial charge in [0.15, 0.2) is 0 Å². The largest absolute Gasteiger partial charge is 0.466 e. The van der Waals surface area contributed by atoms with Gasteiger partial charge in [0.2, 0.25) is 0 Å². The van der Waals surface area contributed by atoms with Gasteiger partial charge in [-0.1, -0.05) is 223 Å². The number of nitrogens with zero attached hydrogens (tertiary/aromatic N) is 1. The fourth-order valence-corrected chi connectivity index (χ4v) is 9.26. The third-order valence-corrected chi connectivity index (χ3v) is 14.2. The Morgan fingerprint density at radius 2 is 0.835 bits per heavy atom. The van der Waals surface area contributed by atoms with E-state index in [1.165, 1.54) is 109 Å². The number of hydrogen-bond acceptors (Lipinski definition) is 12. The highest BCUT2D eigenvalue weighted by atomic mass is 16.6. The topological polar surface area (TPSA) is 169 Å². The molecular formula is C66H125NO12. The molecule has 0 N–H and O–H groups in total. The molecule has 1 rings (SSSR count). The lowest BCUT2D eigenvalue weighted by molar-refractivity contribution is -0.152. The number of hydrogen-bond donors (Lipinski definition) is 0. The molecule has 466 valence electrons. The van der Waals surface area contributed by atoms with Gasteiger partial charge < -0.3 is 33.4 Å². The molecule has 0 saturated carbocycles. The van der Waals surface area contributed by atoms with Gasteiger partial charge in [-0.05, 0) is 63.2 Å². The van der Waals surface area contributed by atoms with Crippen LogP contribution in [0.4, 0.5) is 4.79 Å². The van der Waals surface area contributed by atoms with Crippen LogP contribution in [0.3, 0.4) is 0 Å². The summed E-state index contributed by atoms with van der Waals surface area (Å²) in [6, 6.07) is -0.0385. The quantitative estimate of drug-likeness (QED) is 0.0245. The van der Waals surface area contributed by atoms with Gasteiger partial charge in [0, 0.05) is 57.4 Å². The van der Waals surface area contributed by atoms with E-state index < -0.39 is 18.0 Å². The molecule has 0 bridgehead atoms. The van der Waals surface area contributed by atoms with Crippen LogP contribution in [-0.2, 0) is 52.5 Å². The van der Waals surface area contributed by atoms with E-state index in [9.17, 15) is 33.6 Å². The lowest BCUT2D eigenvalue weighted by Crippen LogP contribution is -2.36. The van der Waals surface area contributed by atoms with Gasteiger partial charge in [-0.2, -0.15) is 0 Å². The Labute approximate surface area is 485 Å². The molecule has 3 atom stereocenters. The number of carbonyl (C=O) groups excluding carboxylic acids is 7. The highest BCUT2D eigenvalue weighted by Gasteiger charge is 2.37. The highest BCUT2D eigenvalue weighted by Crippen LogP contribution is 2.26. The van der Waals surface area contributed by atoms with Crippen molar-refractivity contribution in [1.82, 2.24) is 4.90 Å². The average molecular weight is 1120 g/mol. The van der Waals surface area contributed by atoms with Gasteiger partial charge in [0.1, 0.15) is 18.2 Å². The summed E-state index contributed by atoms with van der Waals surface area (Å²) in [5, 5.41) is 0. The fourth-order valence-electron chi connectivity index (χ4n) is 9.26. The van der Waals surface area contributed by atoms with Crippen LogP contribution < -0.4 is 0 Å². The molecule has 1 amide bonds. The second-order valence-corrected chi connectivity index (χ2v) is 21.8. The average Bonchev–Trinajstić information content (AvgIpc) is 3.87. The first kappa shape index (κ1) is 79.7. The van der Waals surface area contributed by atoms with Gasteiger partial charge >= 0.3 is 30.0 Å². The van der Waals surface area contributed by atoms with E-state index in [0.717, 1.165) is 103 Å². The summed E-state index contributed by atoms with van der Waals surface area (Å²) in [7, 11) is 0. The minimum absolute atomic E-state index is 0.0115. The van der Waals surface area contributed by atoms with Crippen LogP contribution >= 0.6 is 0 Å². The minimum atomic E-state index is -0.444. The molecule has 0 aromatic rings. The van der Waals surface area contributed by atoms with Crippen molar-refractivity contribution in [2.45, 2.75) is 338 Å². The Kier molecular flexibility index (Phi) is 62.7. The number of carbonyl (C=O) groups is 7. The monoisotopic (exact) mass is 1120 g/mol. The highest BCUT2D eigenvalue weighted by molar-refractivity contribution is 5.81. The minimum Gasteiger partial charge on any atom is -0.466 e. The molecule has 1 saturated heterocycles. The molecule has 0 aromatic heterocycles. The summed E-state index contributed by atoms with van der Waals surface area (Å²) in [6.07, 6.45) is 37.3. The van der Waals surface area contributed by atoms with Crippen molar-refractivity contribution in [2.75, 3.05) is 33.0 Å². The smallest absolute Gasteiger partial charge is 0.410 e. The molecule has 1 aliphatic rings. The summed E-state index contributed by atoms with van der Waals surface area (Å²) < 4.78 is 27.3. The molecule has 1 heterocycles. The van der Waals surface area contributed by atoms with E-state index in [1.54, 1.807) is 4.90 Å². The van der Waals surface area contributed by atoms with Crippen LogP contribution in [0, 0.1) is 11.8 Å². The fraction of sp³-hybridized carbons (Fsp3) is 0.894. The van der Waals surface area contributed by atoms with Crippen LogP contribution in [0.1, 0.15) is 326 Å². The maximum Gasteiger partial charge on any atom is 0.410 e. The first-order valence-electron chi connectivity index (χ1n) is 32.9. The Bertz CT molecular complexity index is 1360.